The number of carbonyl (C=O) groups excluding carboxylic acids is 1. The van der Waals surface area contributed by atoms with E-state index in [1.54, 1.807) is 0 Å². The van der Waals surface area contributed by atoms with E-state index < -0.39 is 0 Å². The van der Waals surface area contributed by atoms with Crippen molar-refractivity contribution in [2.75, 3.05) is 12.4 Å². The van der Waals surface area contributed by atoms with E-state index in [9.17, 15) is 4.79 Å². The first-order valence-electron chi connectivity index (χ1n) is 6.58. The van der Waals surface area contributed by atoms with Gasteiger partial charge in [0, 0.05) is 10.8 Å². The fourth-order valence-corrected chi connectivity index (χ4v) is 2.55. The van der Waals surface area contributed by atoms with Crippen LogP contribution in [0.15, 0.2) is 11.6 Å². The van der Waals surface area contributed by atoms with Crippen molar-refractivity contribution in [1.82, 2.24) is 0 Å². The summed E-state index contributed by atoms with van der Waals surface area (Å²) in [6.45, 7) is 8.46. The Hall–Kier alpha value is -0.440. The van der Waals surface area contributed by atoms with Crippen molar-refractivity contribution in [3.8, 4) is 0 Å². The minimum Gasteiger partial charge on any atom is -0.463 e. The molecule has 100 valence electrons. The summed E-state index contributed by atoms with van der Waals surface area (Å²) in [4.78, 5) is 11.4. The number of ether oxygens (including phenoxy) is 1. The molecule has 1 atom stereocenters. The number of esters is 1. The van der Waals surface area contributed by atoms with Crippen molar-refractivity contribution in [1.29, 1.82) is 0 Å². The Morgan fingerprint density at radius 2 is 2.00 bits per heavy atom. The normalized spacial score (nSPS) is 13.5. The molecular weight excluding hydrogens is 232 g/mol. The Bertz CT molecular complexity index is 236. The lowest BCUT2D eigenvalue weighted by atomic mass is 10.2. The zero-order valence-corrected chi connectivity index (χ0v) is 12.4. The largest absolute Gasteiger partial charge is 0.463 e. The molecule has 0 aliphatic rings. The van der Waals surface area contributed by atoms with Crippen LogP contribution in [0.5, 0.6) is 0 Å². The molecule has 0 heterocycles. The number of hydrogen-bond acceptors (Lipinski definition) is 3. The number of rotatable bonds is 9. The van der Waals surface area contributed by atoms with E-state index in [-0.39, 0.29) is 5.97 Å². The fraction of sp³-hybridized carbons (Fsp3) is 0.786. The summed E-state index contributed by atoms with van der Waals surface area (Å²) in [5.74, 6) is 0.985. The number of hydrogen-bond donors (Lipinski definition) is 0. The van der Waals surface area contributed by atoms with Crippen LogP contribution in [0.1, 0.15) is 53.4 Å². The lowest BCUT2D eigenvalue weighted by Gasteiger charge is -2.08. The summed E-state index contributed by atoms with van der Waals surface area (Å²) in [6.07, 6.45) is 7.20. The smallest absolute Gasteiger partial charge is 0.333 e. The highest BCUT2D eigenvalue weighted by Crippen LogP contribution is 2.16. The molecule has 17 heavy (non-hydrogen) atoms. The van der Waals surface area contributed by atoms with E-state index in [1.807, 2.05) is 31.7 Å². The highest BCUT2D eigenvalue weighted by molar-refractivity contribution is 8.00. The summed E-state index contributed by atoms with van der Waals surface area (Å²) in [7, 11) is 0. The third-order valence-electron chi connectivity index (χ3n) is 2.46. The maximum absolute atomic E-state index is 11.4. The van der Waals surface area contributed by atoms with Gasteiger partial charge in [-0.25, -0.2) is 4.79 Å². The molecule has 0 radical (unpaired) electrons. The Labute approximate surface area is 110 Å². The zero-order valence-electron chi connectivity index (χ0n) is 11.6. The Morgan fingerprint density at radius 3 is 2.59 bits per heavy atom. The predicted molar refractivity (Wildman–Crippen MR) is 76.5 cm³/mol. The van der Waals surface area contributed by atoms with E-state index in [0.29, 0.717) is 11.9 Å². The third-order valence-corrected chi connectivity index (χ3v) is 3.65. The van der Waals surface area contributed by atoms with Crippen LogP contribution in [0.2, 0.25) is 0 Å². The van der Waals surface area contributed by atoms with E-state index >= 15 is 0 Å². The van der Waals surface area contributed by atoms with Gasteiger partial charge in [-0.15, -0.1) is 0 Å². The molecule has 0 N–H and O–H groups in total. The number of thioether (sulfide) groups is 1. The Balaban J connectivity index is 3.78. The summed E-state index contributed by atoms with van der Waals surface area (Å²) in [5, 5.41) is 0.390. The van der Waals surface area contributed by atoms with Crippen LogP contribution in [-0.4, -0.2) is 23.6 Å². The summed E-state index contributed by atoms with van der Waals surface area (Å²) in [6, 6.07) is 0. The van der Waals surface area contributed by atoms with Gasteiger partial charge < -0.3 is 4.74 Å². The quantitative estimate of drug-likeness (QED) is 0.352. The summed E-state index contributed by atoms with van der Waals surface area (Å²) in [5.41, 5.74) is 0.723. The first kappa shape index (κ1) is 16.6. The maximum atomic E-state index is 11.4. The maximum Gasteiger partial charge on any atom is 0.333 e. The van der Waals surface area contributed by atoms with Crippen LogP contribution in [0.4, 0.5) is 0 Å². The fourth-order valence-electron chi connectivity index (χ4n) is 1.51. The van der Waals surface area contributed by atoms with E-state index in [2.05, 4.69) is 13.8 Å². The van der Waals surface area contributed by atoms with Gasteiger partial charge in [-0.05, 0) is 32.9 Å². The SMILES string of the molecule is CCCCCCS[C@H](C)/C=C(\C)C(=O)OCC. The van der Waals surface area contributed by atoms with Crippen LogP contribution in [0.3, 0.4) is 0 Å². The van der Waals surface area contributed by atoms with Crippen molar-refractivity contribution in [3.63, 3.8) is 0 Å². The third kappa shape index (κ3) is 9.28. The highest BCUT2D eigenvalue weighted by atomic mass is 32.2. The van der Waals surface area contributed by atoms with Gasteiger partial charge in [0.15, 0.2) is 0 Å². The van der Waals surface area contributed by atoms with Crippen LogP contribution >= 0.6 is 11.8 Å². The van der Waals surface area contributed by atoms with Crippen LogP contribution < -0.4 is 0 Å². The standard InChI is InChI=1S/C14H26O2S/c1-5-7-8-9-10-17-13(4)11-12(3)14(15)16-6-2/h11,13H,5-10H2,1-4H3/b12-11+/t13-/m1/s1. The predicted octanol–water partition coefficient (Wildman–Crippen LogP) is 4.20. The molecule has 0 bridgehead atoms. The van der Waals surface area contributed by atoms with E-state index in [1.165, 1.54) is 31.4 Å². The molecule has 0 aromatic rings. The molecule has 0 unspecified atom stereocenters. The number of carbonyl (C=O) groups is 1. The van der Waals surface area contributed by atoms with Gasteiger partial charge in [-0.2, -0.15) is 11.8 Å². The number of unbranched alkanes of at least 4 members (excludes halogenated alkanes) is 3. The van der Waals surface area contributed by atoms with Gasteiger partial charge in [0.25, 0.3) is 0 Å². The molecule has 3 heteroatoms. The average molecular weight is 258 g/mol. The monoisotopic (exact) mass is 258 g/mol. The molecule has 0 rings (SSSR count). The Kier molecular flexibility index (Phi) is 10.4. The Morgan fingerprint density at radius 1 is 1.29 bits per heavy atom. The first-order chi connectivity index (χ1) is 8.11. The van der Waals surface area contributed by atoms with Crippen molar-refractivity contribution < 1.29 is 9.53 Å². The van der Waals surface area contributed by atoms with Gasteiger partial charge in [0.1, 0.15) is 0 Å². The molecule has 0 fully saturated rings. The van der Waals surface area contributed by atoms with Crippen molar-refractivity contribution in [3.05, 3.63) is 11.6 Å². The minimum absolute atomic E-state index is 0.189. The van der Waals surface area contributed by atoms with Crippen molar-refractivity contribution in [2.45, 2.75) is 58.6 Å². The lowest BCUT2D eigenvalue weighted by Crippen LogP contribution is -2.07. The summed E-state index contributed by atoms with van der Waals surface area (Å²) >= 11 is 1.91. The topological polar surface area (TPSA) is 26.3 Å². The van der Waals surface area contributed by atoms with E-state index in [4.69, 9.17) is 4.74 Å². The van der Waals surface area contributed by atoms with Gasteiger partial charge in [0.05, 0.1) is 6.61 Å². The van der Waals surface area contributed by atoms with Crippen LogP contribution in [-0.2, 0) is 9.53 Å². The molecule has 2 nitrogen and oxygen atoms in total. The van der Waals surface area contributed by atoms with Crippen molar-refractivity contribution >= 4 is 17.7 Å². The molecule has 0 aromatic heterocycles. The van der Waals surface area contributed by atoms with E-state index in [0.717, 1.165) is 5.57 Å². The molecule has 0 saturated heterocycles. The first-order valence-corrected chi connectivity index (χ1v) is 7.63. The molecule has 0 aliphatic carbocycles. The molecule has 0 aliphatic heterocycles. The van der Waals surface area contributed by atoms with Gasteiger partial charge in [-0.1, -0.05) is 32.3 Å². The second kappa shape index (κ2) is 10.7. The van der Waals surface area contributed by atoms with Crippen molar-refractivity contribution in [2.24, 2.45) is 0 Å². The molecule has 0 aromatic carbocycles. The second-order valence-electron chi connectivity index (χ2n) is 4.21. The second-order valence-corrected chi connectivity index (χ2v) is 5.69. The molecule has 0 saturated carbocycles. The molecule has 0 amide bonds. The van der Waals surface area contributed by atoms with Crippen LogP contribution in [0, 0.1) is 0 Å². The van der Waals surface area contributed by atoms with Gasteiger partial charge in [-0.3, -0.25) is 0 Å². The molecule has 0 spiro atoms. The molecular formula is C14H26O2S. The minimum atomic E-state index is -0.189. The van der Waals surface area contributed by atoms with Gasteiger partial charge >= 0.3 is 5.97 Å². The van der Waals surface area contributed by atoms with Crippen LogP contribution in [0.25, 0.3) is 0 Å². The van der Waals surface area contributed by atoms with Gasteiger partial charge in [0.2, 0.25) is 0 Å². The lowest BCUT2D eigenvalue weighted by molar-refractivity contribution is -0.138. The summed E-state index contributed by atoms with van der Waals surface area (Å²) < 4.78 is 4.95. The highest BCUT2D eigenvalue weighted by Gasteiger charge is 2.06. The zero-order chi connectivity index (χ0) is 13.1. The average Bonchev–Trinajstić information content (AvgIpc) is 2.29.